The van der Waals surface area contributed by atoms with E-state index in [1.807, 2.05) is 67.5 Å². The number of carbonyl (C=O) groups is 1. The molecule has 1 aliphatic rings. The van der Waals surface area contributed by atoms with Gasteiger partial charge in [-0.05, 0) is 38.1 Å². The van der Waals surface area contributed by atoms with E-state index in [-0.39, 0.29) is 11.9 Å². The molecule has 3 aromatic rings. The Kier molecular flexibility index (Phi) is 4.57. The SMILES string of the molecule is CC(=N[C@H]1C(=O)N(c2ccccc2)N(C)[C@@H]1C)c1cc2ccccc2oc1=O. The number of hydrogen-bond donors (Lipinski definition) is 0. The summed E-state index contributed by atoms with van der Waals surface area (Å²) in [6, 6.07) is 17.8. The highest BCUT2D eigenvalue weighted by molar-refractivity contribution is 6.05. The monoisotopic (exact) mass is 375 g/mol. The molecule has 6 heteroatoms. The number of para-hydroxylation sites is 2. The summed E-state index contributed by atoms with van der Waals surface area (Å²) < 4.78 is 5.40. The number of fused-ring (bicyclic) bond motifs is 1. The number of carbonyl (C=O) groups excluding carboxylic acids is 1. The van der Waals surface area contributed by atoms with Gasteiger partial charge in [-0.25, -0.2) is 14.8 Å². The summed E-state index contributed by atoms with van der Waals surface area (Å²) in [4.78, 5) is 30.1. The highest BCUT2D eigenvalue weighted by atomic mass is 16.4. The normalized spacial score (nSPS) is 20.9. The Morgan fingerprint density at radius 2 is 1.71 bits per heavy atom. The van der Waals surface area contributed by atoms with Gasteiger partial charge >= 0.3 is 5.63 Å². The Bertz CT molecular complexity index is 1120. The predicted molar refractivity (Wildman–Crippen MR) is 110 cm³/mol. The molecule has 4 rings (SSSR count). The van der Waals surface area contributed by atoms with Crippen LogP contribution < -0.4 is 10.6 Å². The molecule has 0 saturated carbocycles. The number of rotatable bonds is 3. The highest BCUT2D eigenvalue weighted by Gasteiger charge is 2.43. The minimum absolute atomic E-state index is 0.120. The third-order valence-electron chi connectivity index (χ3n) is 5.19. The van der Waals surface area contributed by atoms with Crippen LogP contribution in [0.25, 0.3) is 11.0 Å². The summed E-state index contributed by atoms with van der Waals surface area (Å²) in [6.07, 6.45) is 0. The van der Waals surface area contributed by atoms with E-state index >= 15 is 0 Å². The lowest BCUT2D eigenvalue weighted by molar-refractivity contribution is -0.118. The Morgan fingerprint density at radius 1 is 1.04 bits per heavy atom. The molecule has 0 aliphatic carbocycles. The zero-order valence-corrected chi connectivity index (χ0v) is 16.0. The van der Waals surface area contributed by atoms with Crippen LogP contribution in [0, 0.1) is 0 Å². The molecule has 1 aromatic heterocycles. The lowest BCUT2D eigenvalue weighted by Gasteiger charge is -2.26. The van der Waals surface area contributed by atoms with Gasteiger partial charge in [-0.2, -0.15) is 0 Å². The molecule has 0 radical (unpaired) electrons. The van der Waals surface area contributed by atoms with Crippen LogP contribution in [0.5, 0.6) is 0 Å². The maximum absolute atomic E-state index is 13.1. The molecule has 142 valence electrons. The smallest absolute Gasteiger partial charge is 0.345 e. The predicted octanol–water partition coefficient (Wildman–Crippen LogP) is 3.25. The van der Waals surface area contributed by atoms with E-state index in [2.05, 4.69) is 4.99 Å². The van der Waals surface area contributed by atoms with Crippen molar-refractivity contribution in [2.45, 2.75) is 25.9 Å². The summed E-state index contributed by atoms with van der Waals surface area (Å²) in [5.41, 5.74) is 1.74. The quantitative estimate of drug-likeness (QED) is 0.521. The molecule has 6 nitrogen and oxygen atoms in total. The van der Waals surface area contributed by atoms with Crippen molar-refractivity contribution in [1.82, 2.24) is 5.01 Å². The number of hydrogen-bond acceptors (Lipinski definition) is 5. The van der Waals surface area contributed by atoms with E-state index in [1.165, 1.54) is 0 Å². The third-order valence-corrected chi connectivity index (χ3v) is 5.19. The minimum Gasteiger partial charge on any atom is -0.422 e. The number of benzene rings is 2. The zero-order valence-electron chi connectivity index (χ0n) is 16.0. The molecule has 28 heavy (non-hydrogen) atoms. The fourth-order valence-electron chi connectivity index (χ4n) is 3.51. The summed E-state index contributed by atoms with van der Waals surface area (Å²) >= 11 is 0. The number of hydrazine groups is 1. The average molecular weight is 375 g/mol. The molecule has 0 spiro atoms. The molecule has 0 N–H and O–H groups in total. The van der Waals surface area contributed by atoms with Crippen LogP contribution in [-0.4, -0.2) is 35.8 Å². The first kappa shape index (κ1) is 18.1. The second-order valence-corrected chi connectivity index (χ2v) is 6.94. The van der Waals surface area contributed by atoms with Crippen LogP contribution in [0.1, 0.15) is 19.4 Å². The van der Waals surface area contributed by atoms with Gasteiger partial charge in [0, 0.05) is 18.1 Å². The molecule has 2 aromatic carbocycles. The summed E-state index contributed by atoms with van der Waals surface area (Å²) in [5.74, 6) is -0.120. The summed E-state index contributed by atoms with van der Waals surface area (Å²) in [6.45, 7) is 3.69. The first-order valence-corrected chi connectivity index (χ1v) is 9.17. The molecular formula is C22H21N3O3. The lowest BCUT2D eigenvalue weighted by atomic mass is 10.1. The third kappa shape index (κ3) is 3.01. The van der Waals surface area contributed by atoms with Gasteiger partial charge < -0.3 is 4.42 Å². The number of anilines is 1. The van der Waals surface area contributed by atoms with Crippen LogP contribution in [0.15, 0.2) is 74.9 Å². The van der Waals surface area contributed by atoms with Gasteiger partial charge in [0.15, 0.2) is 0 Å². The van der Waals surface area contributed by atoms with Gasteiger partial charge in [0.1, 0.15) is 11.6 Å². The number of nitrogens with zero attached hydrogens (tertiary/aromatic N) is 3. The van der Waals surface area contributed by atoms with Crippen molar-refractivity contribution in [3.63, 3.8) is 0 Å². The fourth-order valence-corrected chi connectivity index (χ4v) is 3.51. The second-order valence-electron chi connectivity index (χ2n) is 6.94. The molecule has 1 aliphatic heterocycles. The first-order chi connectivity index (χ1) is 13.5. The van der Waals surface area contributed by atoms with Crippen molar-refractivity contribution in [1.29, 1.82) is 0 Å². The maximum Gasteiger partial charge on any atom is 0.345 e. The molecule has 1 saturated heterocycles. The van der Waals surface area contributed by atoms with Crippen LogP contribution in [-0.2, 0) is 4.79 Å². The van der Waals surface area contributed by atoms with Gasteiger partial charge in [0.25, 0.3) is 5.91 Å². The van der Waals surface area contributed by atoms with Gasteiger partial charge in [0.2, 0.25) is 0 Å². The van der Waals surface area contributed by atoms with Crippen molar-refractivity contribution in [3.05, 3.63) is 76.6 Å². The molecule has 1 amide bonds. The highest BCUT2D eigenvalue weighted by Crippen LogP contribution is 2.27. The summed E-state index contributed by atoms with van der Waals surface area (Å²) in [7, 11) is 1.87. The maximum atomic E-state index is 13.1. The standard InChI is InChI=1S/C22H21N3O3/c1-14(18-13-16-9-7-8-12-19(16)28-22(18)27)23-20-15(2)24(3)25(21(20)26)17-10-5-4-6-11-17/h4-13,15,20H,1-3H3/t15-,20-/m1/s1. The zero-order chi connectivity index (χ0) is 19.8. The van der Waals surface area contributed by atoms with Gasteiger partial charge in [-0.1, -0.05) is 36.4 Å². The Labute approximate surface area is 162 Å². The lowest BCUT2D eigenvalue weighted by Crippen LogP contribution is -2.38. The summed E-state index contributed by atoms with van der Waals surface area (Å²) in [5, 5.41) is 4.33. The average Bonchev–Trinajstić information content (AvgIpc) is 2.91. The number of likely N-dealkylation sites (N-methyl/N-ethyl adjacent to an activating group) is 1. The van der Waals surface area contributed by atoms with E-state index in [0.717, 1.165) is 11.1 Å². The molecule has 2 atom stereocenters. The van der Waals surface area contributed by atoms with Crippen molar-refractivity contribution >= 4 is 28.3 Å². The fraction of sp³-hybridized carbons (Fsp3) is 0.227. The van der Waals surface area contributed by atoms with Crippen molar-refractivity contribution in [2.24, 2.45) is 4.99 Å². The molecule has 2 heterocycles. The van der Waals surface area contributed by atoms with Gasteiger partial charge in [0.05, 0.1) is 17.3 Å². The van der Waals surface area contributed by atoms with E-state index in [9.17, 15) is 9.59 Å². The van der Waals surface area contributed by atoms with Crippen molar-refractivity contribution in [2.75, 3.05) is 12.1 Å². The molecule has 1 fully saturated rings. The topological polar surface area (TPSA) is 66.1 Å². The van der Waals surface area contributed by atoms with E-state index in [1.54, 1.807) is 24.1 Å². The Morgan fingerprint density at radius 3 is 2.46 bits per heavy atom. The largest absolute Gasteiger partial charge is 0.422 e. The first-order valence-electron chi connectivity index (χ1n) is 9.17. The van der Waals surface area contributed by atoms with E-state index in [0.29, 0.717) is 16.9 Å². The molecular weight excluding hydrogens is 354 g/mol. The van der Waals surface area contributed by atoms with Crippen LogP contribution in [0.3, 0.4) is 0 Å². The molecule has 0 bridgehead atoms. The van der Waals surface area contributed by atoms with E-state index < -0.39 is 11.7 Å². The second kappa shape index (κ2) is 7.05. The van der Waals surface area contributed by atoms with Crippen LogP contribution in [0.2, 0.25) is 0 Å². The van der Waals surface area contributed by atoms with Gasteiger partial charge in [-0.15, -0.1) is 0 Å². The van der Waals surface area contributed by atoms with Crippen LogP contribution >= 0.6 is 0 Å². The van der Waals surface area contributed by atoms with E-state index in [4.69, 9.17) is 4.42 Å². The minimum atomic E-state index is -0.601. The number of aliphatic imine (C=N–C) groups is 1. The number of amides is 1. The Balaban J connectivity index is 1.71. The van der Waals surface area contributed by atoms with Crippen molar-refractivity contribution in [3.8, 4) is 0 Å². The Hall–Kier alpha value is -3.25. The van der Waals surface area contributed by atoms with Gasteiger partial charge in [-0.3, -0.25) is 9.79 Å². The molecule has 0 unspecified atom stereocenters. The van der Waals surface area contributed by atoms with Crippen LogP contribution in [0.4, 0.5) is 5.69 Å². The van der Waals surface area contributed by atoms with Crippen molar-refractivity contribution < 1.29 is 9.21 Å².